The van der Waals surface area contributed by atoms with Crippen molar-refractivity contribution in [3.63, 3.8) is 0 Å². The van der Waals surface area contributed by atoms with Crippen molar-refractivity contribution in [2.24, 2.45) is 5.73 Å². The summed E-state index contributed by atoms with van der Waals surface area (Å²) in [5.74, 6) is -1.13. The van der Waals surface area contributed by atoms with Crippen LogP contribution in [-0.2, 0) is 14.4 Å². The van der Waals surface area contributed by atoms with Crippen molar-refractivity contribution in [1.82, 2.24) is 16.0 Å². The molecule has 1 aliphatic rings. The van der Waals surface area contributed by atoms with Gasteiger partial charge in [0.05, 0.1) is 12.6 Å². The smallest absolute Gasteiger partial charge is 0.243 e. The molecule has 7 nitrogen and oxygen atoms in total. The molecule has 0 unspecified atom stereocenters. The van der Waals surface area contributed by atoms with Crippen molar-refractivity contribution < 1.29 is 14.4 Å². The van der Waals surface area contributed by atoms with Crippen LogP contribution in [0.2, 0.25) is 0 Å². The van der Waals surface area contributed by atoms with E-state index in [-0.39, 0.29) is 24.4 Å². The van der Waals surface area contributed by atoms with E-state index in [1.165, 1.54) is 0 Å². The van der Waals surface area contributed by atoms with Crippen LogP contribution in [0.5, 0.6) is 0 Å². The van der Waals surface area contributed by atoms with E-state index >= 15 is 0 Å². The van der Waals surface area contributed by atoms with E-state index in [2.05, 4.69) is 16.0 Å². The minimum absolute atomic E-state index is 0.162. The Morgan fingerprint density at radius 1 is 1.42 bits per heavy atom. The molecule has 7 heteroatoms. The van der Waals surface area contributed by atoms with Gasteiger partial charge < -0.3 is 21.7 Å². The topological polar surface area (TPSA) is 113 Å². The summed E-state index contributed by atoms with van der Waals surface area (Å²) >= 11 is 0. The molecular formula is C12H22N4O3. The predicted octanol–water partition coefficient (Wildman–Crippen LogP) is -1.38. The summed E-state index contributed by atoms with van der Waals surface area (Å²) in [6, 6.07) is -0.831. The van der Waals surface area contributed by atoms with Crippen LogP contribution in [-0.4, -0.2) is 42.9 Å². The lowest BCUT2D eigenvalue weighted by atomic mass is 10.1. The third-order valence-electron chi connectivity index (χ3n) is 3.02. The highest BCUT2D eigenvalue weighted by Gasteiger charge is 2.26. The minimum Gasteiger partial charge on any atom is -0.368 e. The predicted molar refractivity (Wildman–Crippen MR) is 70.1 cm³/mol. The molecule has 1 heterocycles. The van der Waals surface area contributed by atoms with Crippen molar-refractivity contribution in [1.29, 1.82) is 0 Å². The summed E-state index contributed by atoms with van der Waals surface area (Å²) in [6.45, 7) is 2.54. The maximum atomic E-state index is 11.9. The number of rotatable bonds is 7. The fourth-order valence-electron chi connectivity index (χ4n) is 2.04. The number of amides is 3. The fraction of sp³-hybridized carbons (Fsp3) is 0.750. The molecule has 1 fully saturated rings. The molecule has 0 bridgehead atoms. The Bertz CT molecular complexity index is 340. The first kappa shape index (κ1) is 15.4. The van der Waals surface area contributed by atoms with Crippen LogP contribution in [0.3, 0.4) is 0 Å². The average molecular weight is 270 g/mol. The lowest BCUT2D eigenvalue weighted by Gasteiger charge is -2.19. The molecule has 0 aliphatic carbocycles. The molecule has 0 aromatic heterocycles. The SMILES string of the molecule is CCC[C@H](NC(=O)[C@@H]1CCCN1)C(=O)NCC(N)=O. The Morgan fingerprint density at radius 3 is 2.68 bits per heavy atom. The van der Waals surface area contributed by atoms with Crippen LogP contribution in [0.1, 0.15) is 32.6 Å². The van der Waals surface area contributed by atoms with Gasteiger partial charge in [-0.25, -0.2) is 0 Å². The number of nitrogens with two attached hydrogens (primary N) is 1. The van der Waals surface area contributed by atoms with Crippen LogP contribution in [0.15, 0.2) is 0 Å². The van der Waals surface area contributed by atoms with Gasteiger partial charge in [0.1, 0.15) is 6.04 Å². The highest BCUT2D eigenvalue weighted by Crippen LogP contribution is 2.06. The fourth-order valence-corrected chi connectivity index (χ4v) is 2.04. The molecule has 5 N–H and O–H groups in total. The summed E-state index contributed by atoms with van der Waals surface area (Å²) in [4.78, 5) is 34.4. The van der Waals surface area contributed by atoms with Crippen molar-refractivity contribution in [2.75, 3.05) is 13.1 Å². The molecule has 0 aromatic carbocycles. The molecule has 1 saturated heterocycles. The van der Waals surface area contributed by atoms with Crippen LogP contribution in [0.25, 0.3) is 0 Å². The van der Waals surface area contributed by atoms with Gasteiger partial charge >= 0.3 is 0 Å². The summed E-state index contributed by atoms with van der Waals surface area (Å²) in [7, 11) is 0. The Morgan fingerprint density at radius 2 is 2.16 bits per heavy atom. The minimum atomic E-state index is -0.612. The number of hydrogen-bond donors (Lipinski definition) is 4. The van der Waals surface area contributed by atoms with Crippen molar-refractivity contribution >= 4 is 17.7 Å². The number of carbonyl (C=O) groups is 3. The Balaban J connectivity index is 2.48. The summed E-state index contributed by atoms with van der Waals surface area (Å²) in [5.41, 5.74) is 4.96. The Hall–Kier alpha value is -1.63. The molecule has 108 valence electrons. The highest BCUT2D eigenvalue weighted by atomic mass is 16.2. The zero-order valence-corrected chi connectivity index (χ0v) is 11.2. The number of carbonyl (C=O) groups excluding carboxylic acids is 3. The molecular weight excluding hydrogens is 248 g/mol. The molecule has 0 aromatic rings. The lowest BCUT2D eigenvalue weighted by Crippen LogP contribution is -2.52. The lowest BCUT2D eigenvalue weighted by molar-refractivity contribution is -0.130. The zero-order chi connectivity index (χ0) is 14.3. The number of primary amides is 1. The first-order valence-electron chi connectivity index (χ1n) is 6.64. The van der Waals surface area contributed by atoms with Crippen molar-refractivity contribution in [3.8, 4) is 0 Å². The molecule has 0 radical (unpaired) electrons. The summed E-state index contributed by atoms with van der Waals surface area (Å²) in [6.07, 6.45) is 3.04. The number of nitrogens with one attached hydrogen (secondary N) is 3. The van der Waals surface area contributed by atoms with Gasteiger partial charge in [-0.05, 0) is 25.8 Å². The second-order valence-corrected chi connectivity index (χ2v) is 4.68. The highest BCUT2D eigenvalue weighted by molar-refractivity contribution is 5.91. The van der Waals surface area contributed by atoms with E-state index in [4.69, 9.17) is 5.73 Å². The molecule has 1 aliphatic heterocycles. The van der Waals surface area contributed by atoms with Gasteiger partial charge in [-0.3, -0.25) is 14.4 Å². The van der Waals surface area contributed by atoms with E-state index in [0.29, 0.717) is 6.42 Å². The van der Waals surface area contributed by atoms with Gasteiger partial charge in [0.25, 0.3) is 0 Å². The van der Waals surface area contributed by atoms with Gasteiger partial charge in [-0.2, -0.15) is 0 Å². The van der Waals surface area contributed by atoms with Gasteiger partial charge in [0, 0.05) is 0 Å². The standard InChI is InChI=1S/C12H22N4O3/c1-2-4-9(11(18)15-7-10(13)17)16-12(19)8-5-3-6-14-8/h8-9,14H,2-7H2,1H3,(H2,13,17)(H,15,18)(H,16,19)/t8-,9-/m0/s1. The first-order valence-corrected chi connectivity index (χ1v) is 6.64. The largest absolute Gasteiger partial charge is 0.368 e. The third kappa shape index (κ3) is 5.25. The van der Waals surface area contributed by atoms with E-state index < -0.39 is 11.9 Å². The van der Waals surface area contributed by atoms with E-state index in [1.807, 2.05) is 6.92 Å². The normalized spacial score (nSPS) is 19.7. The maximum absolute atomic E-state index is 11.9. The summed E-state index contributed by atoms with van der Waals surface area (Å²) in [5, 5.41) is 8.21. The molecule has 3 amide bonds. The Kier molecular flexibility index (Phi) is 6.27. The van der Waals surface area contributed by atoms with Gasteiger partial charge in [0.15, 0.2) is 0 Å². The zero-order valence-electron chi connectivity index (χ0n) is 11.2. The third-order valence-corrected chi connectivity index (χ3v) is 3.02. The second kappa shape index (κ2) is 7.73. The van der Waals surface area contributed by atoms with Crippen LogP contribution < -0.4 is 21.7 Å². The second-order valence-electron chi connectivity index (χ2n) is 4.68. The maximum Gasteiger partial charge on any atom is 0.243 e. The monoisotopic (exact) mass is 270 g/mol. The molecule has 1 rings (SSSR count). The van der Waals surface area contributed by atoms with Crippen LogP contribution in [0, 0.1) is 0 Å². The van der Waals surface area contributed by atoms with Crippen LogP contribution >= 0.6 is 0 Å². The van der Waals surface area contributed by atoms with Gasteiger partial charge in [-0.15, -0.1) is 0 Å². The van der Waals surface area contributed by atoms with E-state index in [0.717, 1.165) is 25.8 Å². The van der Waals surface area contributed by atoms with Gasteiger partial charge in [0.2, 0.25) is 17.7 Å². The Labute approximate surface area is 112 Å². The molecule has 0 saturated carbocycles. The summed E-state index contributed by atoms with van der Waals surface area (Å²) < 4.78 is 0. The average Bonchev–Trinajstić information content (AvgIpc) is 2.89. The van der Waals surface area contributed by atoms with Crippen molar-refractivity contribution in [3.05, 3.63) is 0 Å². The quantitative estimate of drug-likeness (QED) is 0.457. The molecule has 19 heavy (non-hydrogen) atoms. The van der Waals surface area contributed by atoms with Crippen LogP contribution in [0.4, 0.5) is 0 Å². The number of hydrogen-bond acceptors (Lipinski definition) is 4. The van der Waals surface area contributed by atoms with E-state index in [1.54, 1.807) is 0 Å². The van der Waals surface area contributed by atoms with E-state index in [9.17, 15) is 14.4 Å². The molecule has 0 spiro atoms. The van der Waals surface area contributed by atoms with Gasteiger partial charge in [-0.1, -0.05) is 13.3 Å². The first-order chi connectivity index (χ1) is 9.04. The van der Waals surface area contributed by atoms with Crippen molar-refractivity contribution in [2.45, 2.75) is 44.7 Å². The molecule has 2 atom stereocenters.